The standard InChI is InChI=1S/C12H19F3O4/c1-4-18-10(16)8(3)9(11(17)19-5-2)6-7-12(13,14)15/h8-9H,4-7H2,1-3H3. The molecule has 0 aliphatic rings. The fraction of sp³-hybridized carbons (Fsp3) is 0.833. The molecule has 0 heterocycles. The first-order valence-corrected chi connectivity index (χ1v) is 6.12. The minimum Gasteiger partial charge on any atom is -0.466 e. The van der Waals surface area contributed by atoms with Crippen molar-refractivity contribution in [3.8, 4) is 0 Å². The van der Waals surface area contributed by atoms with E-state index in [4.69, 9.17) is 9.47 Å². The maximum absolute atomic E-state index is 12.2. The van der Waals surface area contributed by atoms with Gasteiger partial charge in [-0.05, 0) is 20.3 Å². The monoisotopic (exact) mass is 284 g/mol. The lowest BCUT2D eigenvalue weighted by Crippen LogP contribution is -2.32. The summed E-state index contributed by atoms with van der Waals surface area (Å²) in [6.45, 7) is 4.66. The van der Waals surface area contributed by atoms with Crippen molar-refractivity contribution in [2.75, 3.05) is 13.2 Å². The molecule has 0 aromatic heterocycles. The van der Waals surface area contributed by atoms with E-state index in [1.807, 2.05) is 0 Å². The highest BCUT2D eigenvalue weighted by Gasteiger charge is 2.36. The van der Waals surface area contributed by atoms with E-state index < -0.39 is 42.8 Å². The topological polar surface area (TPSA) is 52.6 Å². The van der Waals surface area contributed by atoms with Gasteiger partial charge in [0, 0.05) is 6.42 Å². The van der Waals surface area contributed by atoms with Crippen molar-refractivity contribution >= 4 is 11.9 Å². The van der Waals surface area contributed by atoms with Gasteiger partial charge in [-0.2, -0.15) is 13.2 Å². The second-order valence-electron chi connectivity index (χ2n) is 4.05. The van der Waals surface area contributed by atoms with Crippen molar-refractivity contribution in [2.45, 2.75) is 39.8 Å². The predicted molar refractivity (Wildman–Crippen MR) is 61.2 cm³/mol. The number of alkyl halides is 3. The Morgan fingerprint density at radius 1 is 1.05 bits per heavy atom. The van der Waals surface area contributed by atoms with E-state index >= 15 is 0 Å². The van der Waals surface area contributed by atoms with Crippen LogP contribution < -0.4 is 0 Å². The molecule has 2 unspecified atom stereocenters. The maximum Gasteiger partial charge on any atom is 0.389 e. The van der Waals surface area contributed by atoms with Gasteiger partial charge in [-0.15, -0.1) is 0 Å². The third kappa shape index (κ3) is 7.03. The van der Waals surface area contributed by atoms with Crippen LogP contribution in [0.4, 0.5) is 13.2 Å². The Labute approximate surface area is 110 Å². The van der Waals surface area contributed by atoms with Crippen LogP contribution in [0.25, 0.3) is 0 Å². The van der Waals surface area contributed by atoms with E-state index in [-0.39, 0.29) is 13.2 Å². The van der Waals surface area contributed by atoms with Gasteiger partial charge in [-0.3, -0.25) is 9.59 Å². The average Bonchev–Trinajstić information content (AvgIpc) is 2.28. The van der Waals surface area contributed by atoms with Crippen molar-refractivity contribution in [1.82, 2.24) is 0 Å². The second-order valence-corrected chi connectivity index (χ2v) is 4.05. The number of rotatable bonds is 7. The van der Waals surface area contributed by atoms with E-state index in [2.05, 4.69) is 0 Å². The van der Waals surface area contributed by atoms with Crippen LogP contribution in [-0.2, 0) is 19.1 Å². The smallest absolute Gasteiger partial charge is 0.389 e. The summed E-state index contributed by atoms with van der Waals surface area (Å²) in [5, 5.41) is 0. The molecule has 0 saturated heterocycles. The minimum atomic E-state index is -4.38. The fourth-order valence-electron chi connectivity index (χ4n) is 1.58. The van der Waals surface area contributed by atoms with Crippen molar-refractivity contribution < 1.29 is 32.2 Å². The molecule has 0 saturated carbocycles. The van der Waals surface area contributed by atoms with Crippen molar-refractivity contribution in [3.63, 3.8) is 0 Å². The van der Waals surface area contributed by atoms with Crippen molar-refractivity contribution in [2.24, 2.45) is 11.8 Å². The molecule has 4 nitrogen and oxygen atoms in total. The second kappa shape index (κ2) is 8.01. The first kappa shape index (κ1) is 17.7. The normalized spacial score (nSPS) is 14.6. The fourth-order valence-corrected chi connectivity index (χ4v) is 1.58. The summed E-state index contributed by atoms with van der Waals surface area (Å²) >= 11 is 0. The van der Waals surface area contributed by atoms with E-state index in [0.29, 0.717) is 0 Å². The van der Waals surface area contributed by atoms with Gasteiger partial charge in [0.1, 0.15) is 0 Å². The molecule has 0 N–H and O–H groups in total. The van der Waals surface area contributed by atoms with Crippen LogP contribution in [0.15, 0.2) is 0 Å². The van der Waals surface area contributed by atoms with Gasteiger partial charge in [0.15, 0.2) is 0 Å². The lowest BCUT2D eigenvalue weighted by molar-refractivity contribution is -0.164. The van der Waals surface area contributed by atoms with Crippen LogP contribution in [-0.4, -0.2) is 31.3 Å². The van der Waals surface area contributed by atoms with Crippen LogP contribution in [0.3, 0.4) is 0 Å². The third-order valence-corrected chi connectivity index (χ3v) is 2.59. The molecule has 0 radical (unpaired) electrons. The molecule has 2 atom stereocenters. The van der Waals surface area contributed by atoms with Crippen LogP contribution >= 0.6 is 0 Å². The molecule has 0 aromatic carbocycles. The van der Waals surface area contributed by atoms with Crippen LogP contribution in [0.2, 0.25) is 0 Å². The SMILES string of the molecule is CCOC(=O)C(C)C(CCC(F)(F)F)C(=O)OCC. The Hall–Kier alpha value is -1.27. The summed E-state index contributed by atoms with van der Waals surface area (Å²) in [6, 6.07) is 0. The number of hydrogen-bond donors (Lipinski definition) is 0. The molecule has 0 bridgehead atoms. The molecular formula is C12H19F3O4. The zero-order valence-electron chi connectivity index (χ0n) is 11.3. The quantitative estimate of drug-likeness (QED) is 0.674. The van der Waals surface area contributed by atoms with Gasteiger partial charge in [0.2, 0.25) is 0 Å². The van der Waals surface area contributed by atoms with Gasteiger partial charge in [-0.25, -0.2) is 0 Å². The lowest BCUT2D eigenvalue weighted by atomic mass is 9.89. The summed E-state index contributed by atoms with van der Waals surface area (Å²) in [5.74, 6) is -3.59. The first-order valence-electron chi connectivity index (χ1n) is 6.12. The molecule has 0 fully saturated rings. The first-order chi connectivity index (χ1) is 8.72. The Kier molecular flexibility index (Phi) is 7.48. The summed E-state index contributed by atoms with van der Waals surface area (Å²) in [5.41, 5.74) is 0. The highest BCUT2D eigenvalue weighted by Crippen LogP contribution is 2.28. The van der Waals surface area contributed by atoms with Crippen molar-refractivity contribution in [1.29, 1.82) is 0 Å². The minimum absolute atomic E-state index is 0.0525. The maximum atomic E-state index is 12.2. The Morgan fingerprint density at radius 3 is 1.95 bits per heavy atom. The van der Waals surface area contributed by atoms with Gasteiger partial charge in [0.25, 0.3) is 0 Å². The molecule has 0 aliphatic heterocycles. The third-order valence-electron chi connectivity index (χ3n) is 2.59. The summed E-state index contributed by atoms with van der Waals surface area (Å²) in [6.07, 6.45) is -6.00. The van der Waals surface area contributed by atoms with Crippen molar-refractivity contribution in [3.05, 3.63) is 0 Å². The van der Waals surface area contributed by atoms with Gasteiger partial charge in [-0.1, -0.05) is 6.92 Å². The molecule has 112 valence electrons. The summed E-state index contributed by atoms with van der Waals surface area (Å²) < 4.78 is 46.1. The van der Waals surface area contributed by atoms with E-state index in [9.17, 15) is 22.8 Å². The molecule has 0 spiro atoms. The van der Waals surface area contributed by atoms with E-state index in [1.165, 1.54) is 6.92 Å². The molecule has 7 heteroatoms. The lowest BCUT2D eigenvalue weighted by Gasteiger charge is -2.21. The van der Waals surface area contributed by atoms with Gasteiger partial charge < -0.3 is 9.47 Å². The highest BCUT2D eigenvalue weighted by atomic mass is 19.4. The molecular weight excluding hydrogens is 265 g/mol. The summed E-state index contributed by atoms with van der Waals surface area (Å²) in [4.78, 5) is 23.1. The number of esters is 2. The van der Waals surface area contributed by atoms with Gasteiger partial charge in [0.05, 0.1) is 25.0 Å². The number of carbonyl (C=O) groups is 2. The number of ether oxygens (including phenoxy) is 2. The zero-order valence-corrected chi connectivity index (χ0v) is 11.3. The zero-order chi connectivity index (χ0) is 15.1. The van der Waals surface area contributed by atoms with Crippen LogP contribution in [0, 0.1) is 11.8 Å². The number of hydrogen-bond acceptors (Lipinski definition) is 4. The van der Waals surface area contributed by atoms with Crippen LogP contribution in [0.1, 0.15) is 33.6 Å². The van der Waals surface area contributed by atoms with Crippen LogP contribution in [0.5, 0.6) is 0 Å². The molecule has 0 amide bonds. The Bertz CT molecular complexity index is 302. The molecule has 19 heavy (non-hydrogen) atoms. The summed E-state index contributed by atoms with van der Waals surface area (Å²) in [7, 11) is 0. The molecule has 0 rings (SSSR count). The van der Waals surface area contributed by atoms with Gasteiger partial charge >= 0.3 is 18.1 Å². The molecule has 0 aliphatic carbocycles. The number of carbonyl (C=O) groups excluding carboxylic acids is 2. The molecule has 0 aromatic rings. The number of halogens is 3. The van der Waals surface area contributed by atoms with E-state index in [1.54, 1.807) is 13.8 Å². The predicted octanol–water partition coefficient (Wildman–Crippen LogP) is 2.71. The van der Waals surface area contributed by atoms with E-state index in [0.717, 1.165) is 0 Å². The Morgan fingerprint density at radius 2 is 1.53 bits per heavy atom. The Balaban J connectivity index is 4.75. The highest BCUT2D eigenvalue weighted by molar-refractivity contribution is 5.81. The largest absolute Gasteiger partial charge is 0.466 e. The average molecular weight is 284 g/mol.